The normalized spacial score (nSPS) is 10.5. The number of aromatic nitrogens is 2. The van der Waals surface area contributed by atoms with E-state index in [1.807, 2.05) is 62.4 Å². The van der Waals surface area contributed by atoms with Crippen LogP contribution in [-0.4, -0.2) is 28.3 Å². The number of aryl methyl sites for hydroxylation is 2. The summed E-state index contributed by atoms with van der Waals surface area (Å²) in [5.74, 6) is -0.927. The first-order valence-electron chi connectivity index (χ1n) is 9.06. The highest BCUT2D eigenvalue weighted by Gasteiger charge is 2.21. The number of para-hydroxylation sites is 1. The maximum atomic E-state index is 12.5. The summed E-state index contributed by atoms with van der Waals surface area (Å²) in [4.78, 5) is 24.6. The third-order valence-electron chi connectivity index (χ3n) is 4.51. The lowest BCUT2D eigenvalue weighted by atomic mass is 10.2. The van der Waals surface area contributed by atoms with Gasteiger partial charge in [-0.25, -0.2) is 4.79 Å². The highest BCUT2D eigenvalue weighted by Crippen LogP contribution is 2.17. The number of nitrogens with one attached hydrogen (secondary N) is 1. The Bertz CT molecular complexity index is 994. The number of anilines is 1. The van der Waals surface area contributed by atoms with Crippen LogP contribution in [0.25, 0.3) is 0 Å². The van der Waals surface area contributed by atoms with Crippen molar-refractivity contribution >= 4 is 17.6 Å². The van der Waals surface area contributed by atoms with Crippen LogP contribution in [0.5, 0.6) is 0 Å². The summed E-state index contributed by atoms with van der Waals surface area (Å²) in [7, 11) is 0. The predicted octanol–water partition coefficient (Wildman–Crippen LogP) is 3.65. The second-order valence-electron chi connectivity index (χ2n) is 6.63. The molecule has 6 heteroatoms. The number of benzene rings is 2. The Morgan fingerprint density at radius 1 is 1.00 bits per heavy atom. The summed E-state index contributed by atoms with van der Waals surface area (Å²) >= 11 is 0. The number of amides is 1. The van der Waals surface area contributed by atoms with Crippen molar-refractivity contribution in [2.75, 3.05) is 11.9 Å². The van der Waals surface area contributed by atoms with E-state index < -0.39 is 5.97 Å². The van der Waals surface area contributed by atoms with Crippen LogP contribution in [-0.2, 0) is 16.1 Å². The molecule has 6 nitrogen and oxygen atoms in total. The van der Waals surface area contributed by atoms with Crippen molar-refractivity contribution in [3.8, 4) is 0 Å². The topological polar surface area (TPSA) is 73.2 Å². The molecule has 0 saturated carbocycles. The van der Waals surface area contributed by atoms with Gasteiger partial charge in [-0.2, -0.15) is 5.10 Å². The average Bonchev–Trinajstić information content (AvgIpc) is 2.96. The first-order chi connectivity index (χ1) is 13.5. The number of hydrogen-bond acceptors (Lipinski definition) is 4. The second kappa shape index (κ2) is 8.52. The monoisotopic (exact) mass is 377 g/mol. The van der Waals surface area contributed by atoms with Gasteiger partial charge in [-0.15, -0.1) is 0 Å². The van der Waals surface area contributed by atoms with Crippen LogP contribution >= 0.6 is 0 Å². The maximum absolute atomic E-state index is 12.5. The van der Waals surface area contributed by atoms with E-state index in [1.54, 1.807) is 17.7 Å². The zero-order valence-electron chi connectivity index (χ0n) is 16.2. The standard InChI is InChI=1S/C22H23N3O3/c1-15-9-7-8-12-19(15)23-20(26)14-28-22(27)21-16(2)24-25(17(21)3)13-18-10-5-4-6-11-18/h4-12H,13-14H2,1-3H3,(H,23,26). The van der Waals surface area contributed by atoms with Crippen molar-refractivity contribution in [1.82, 2.24) is 9.78 Å². The molecule has 1 heterocycles. The van der Waals surface area contributed by atoms with Crippen molar-refractivity contribution in [3.05, 3.63) is 82.7 Å². The molecule has 144 valence electrons. The summed E-state index contributed by atoms with van der Waals surface area (Å²) in [5.41, 5.74) is 4.43. The van der Waals surface area contributed by atoms with Gasteiger partial charge in [-0.1, -0.05) is 48.5 Å². The Morgan fingerprint density at radius 2 is 1.68 bits per heavy atom. The quantitative estimate of drug-likeness (QED) is 0.666. The number of rotatable bonds is 6. The first-order valence-corrected chi connectivity index (χ1v) is 9.06. The van der Waals surface area contributed by atoms with Crippen LogP contribution in [0.3, 0.4) is 0 Å². The van der Waals surface area contributed by atoms with Gasteiger partial charge in [0.1, 0.15) is 5.56 Å². The van der Waals surface area contributed by atoms with Gasteiger partial charge < -0.3 is 10.1 Å². The van der Waals surface area contributed by atoms with Gasteiger partial charge in [0.25, 0.3) is 5.91 Å². The molecule has 1 aromatic heterocycles. The third-order valence-corrected chi connectivity index (χ3v) is 4.51. The number of nitrogens with zero attached hydrogens (tertiary/aromatic N) is 2. The molecule has 0 radical (unpaired) electrons. The largest absolute Gasteiger partial charge is 0.452 e. The summed E-state index contributed by atoms with van der Waals surface area (Å²) in [5, 5.41) is 7.20. The van der Waals surface area contributed by atoms with E-state index in [2.05, 4.69) is 10.4 Å². The number of esters is 1. The van der Waals surface area contributed by atoms with Crippen LogP contribution in [0.15, 0.2) is 54.6 Å². The molecule has 0 unspecified atom stereocenters. The van der Waals surface area contributed by atoms with Crippen molar-refractivity contribution in [2.24, 2.45) is 0 Å². The summed E-state index contributed by atoms with van der Waals surface area (Å²) in [6.07, 6.45) is 0. The lowest BCUT2D eigenvalue weighted by Crippen LogP contribution is -2.21. The van der Waals surface area contributed by atoms with Gasteiger partial charge in [0, 0.05) is 5.69 Å². The molecule has 28 heavy (non-hydrogen) atoms. The van der Waals surface area contributed by atoms with E-state index in [9.17, 15) is 9.59 Å². The molecule has 0 aliphatic carbocycles. The molecular formula is C22H23N3O3. The summed E-state index contributed by atoms with van der Waals surface area (Å²) < 4.78 is 7.00. The van der Waals surface area contributed by atoms with Gasteiger partial charge in [0.05, 0.1) is 17.9 Å². The van der Waals surface area contributed by atoms with E-state index in [0.29, 0.717) is 29.2 Å². The molecule has 2 aromatic carbocycles. The number of hydrogen-bond donors (Lipinski definition) is 1. The molecule has 3 aromatic rings. The van der Waals surface area contributed by atoms with E-state index in [0.717, 1.165) is 11.1 Å². The molecule has 0 fully saturated rings. The average molecular weight is 377 g/mol. The van der Waals surface area contributed by atoms with Crippen molar-refractivity contribution in [1.29, 1.82) is 0 Å². The van der Waals surface area contributed by atoms with E-state index >= 15 is 0 Å². The highest BCUT2D eigenvalue weighted by molar-refractivity contribution is 5.96. The minimum absolute atomic E-state index is 0.351. The predicted molar refractivity (Wildman–Crippen MR) is 107 cm³/mol. The lowest BCUT2D eigenvalue weighted by molar-refractivity contribution is -0.119. The molecule has 0 aliphatic rings. The Morgan fingerprint density at radius 3 is 2.39 bits per heavy atom. The third kappa shape index (κ3) is 4.46. The fraction of sp³-hybridized carbons (Fsp3) is 0.227. The van der Waals surface area contributed by atoms with E-state index in [1.165, 1.54) is 0 Å². The van der Waals surface area contributed by atoms with Crippen molar-refractivity contribution in [2.45, 2.75) is 27.3 Å². The van der Waals surface area contributed by atoms with Gasteiger partial charge in [-0.3, -0.25) is 9.48 Å². The molecule has 0 spiro atoms. The smallest absolute Gasteiger partial charge is 0.342 e. The number of ether oxygens (including phenoxy) is 1. The van der Waals surface area contributed by atoms with E-state index in [4.69, 9.17) is 4.74 Å². The molecular weight excluding hydrogens is 354 g/mol. The van der Waals surface area contributed by atoms with Crippen LogP contribution in [0.1, 0.15) is 32.9 Å². The van der Waals surface area contributed by atoms with Gasteiger partial charge in [-0.05, 0) is 38.0 Å². The van der Waals surface area contributed by atoms with Crippen molar-refractivity contribution in [3.63, 3.8) is 0 Å². The Hall–Kier alpha value is -3.41. The number of carbonyl (C=O) groups is 2. The zero-order chi connectivity index (χ0) is 20.1. The molecule has 0 atom stereocenters. The Kier molecular flexibility index (Phi) is 5.89. The lowest BCUT2D eigenvalue weighted by Gasteiger charge is -2.09. The Labute approximate surface area is 164 Å². The fourth-order valence-electron chi connectivity index (χ4n) is 3.01. The molecule has 0 aliphatic heterocycles. The van der Waals surface area contributed by atoms with Gasteiger partial charge in [0.2, 0.25) is 0 Å². The highest BCUT2D eigenvalue weighted by atomic mass is 16.5. The SMILES string of the molecule is Cc1ccccc1NC(=O)COC(=O)c1c(C)nn(Cc2ccccc2)c1C. The molecule has 1 amide bonds. The number of carbonyl (C=O) groups excluding carboxylic acids is 2. The minimum atomic E-state index is -0.547. The first kappa shape index (κ1) is 19.4. The molecule has 1 N–H and O–H groups in total. The van der Waals surface area contributed by atoms with Crippen LogP contribution in [0.2, 0.25) is 0 Å². The molecule has 0 saturated heterocycles. The molecule has 0 bridgehead atoms. The zero-order valence-corrected chi connectivity index (χ0v) is 16.2. The fourth-order valence-corrected chi connectivity index (χ4v) is 3.01. The van der Waals surface area contributed by atoms with Crippen LogP contribution in [0, 0.1) is 20.8 Å². The summed E-state index contributed by atoms with van der Waals surface area (Å²) in [6, 6.07) is 17.3. The Balaban J connectivity index is 1.64. The second-order valence-corrected chi connectivity index (χ2v) is 6.63. The van der Waals surface area contributed by atoms with Crippen molar-refractivity contribution < 1.29 is 14.3 Å². The van der Waals surface area contributed by atoms with Gasteiger partial charge >= 0.3 is 5.97 Å². The van der Waals surface area contributed by atoms with Crippen LogP contribution < -0.4 is 5.32 Å². The minimum Gasteiger partial charge on any atom is -0.452 e. The van der Waals surface area contributed by atoms with Gasteiger partial charge in [0.15, 0.2) is 6.61 Å². The molecule has 3 rings (SSSR count). The van der Waals surface area contributed by atoms with Crippen LogP contribution in [0.4, 0.5) is 5.69 Å². The maximum Gasteiger partial charge on any atom is 0.342 e. The summed E-state index contributed by atoms with van der Waals surface area (Å²) in [6.45, 7) is 5.70. The van der Waals surface area contributed by atoms with E-state index in [-0.39, 0.29) is 12.5 Å².